The molecule has 0 aliphatic heterocycles. The van der Waals surface area contributed by atoms with Crippen molar-refractivity contribution in [3.63, 3.8) is 0 Å². The molecule has 0 spiro atoms. The first kappa shape index (κ1) is 23.6. The number of hydrogen-bond donors (Lipinski definition) is 3. The number of aliphatic hydroxyl groups is 1. The highest BCUT2D eigenvalue weighted by Crippen LogP contribution is 2.11. The van der Waals surface area contributed by atoms with Gasteiger partial charge in [-0.25, -0.2) is 0 Å². The van der Waals surface area contributed by atoms with Gasteiger partial charge in [0.1, 0.15) is 6.04 Å². The number of thiophene rings is 1. The van der Waals surface area contributed by atoms with E-state index in [-0.39, 0.29) is 11.8 Å². The number of carbonyl (C=O) groups is 2. The number of aliphatic hydroxyl groups excluding tert-OH is 1. The van der Waals surface area contributed by atoms with Gasteiger partial charge in [0.2, 0.25) is 5.91 Å². The van der Waals surface area contributed by atoms with Crippen molar-refractivity contribution in [3.05, 3.63) is 22.4 Å². The van der Waals surface area contributed by atoms with Gasteiger partial charge in [0.05, 0.1) is 11.0 Å². The molecule has 0 aliphatic carbocycles. The summed E-state index contributed by atoms with van der Waals surface area (Å²) in [6, 6.07) is 2.55. The van der Waals surface area contributed by atoms with Crippen LogP contribution in [0.15, 0.2) is 17.5 Å². The molecule has 0 saturated heterocycles. The van der Waals surface area contributed by atoms with Crippen LogP contribution in [0.4, 0.5) is 0 Å². The van der Waals surface area contributed by atoms with Crippen LogP contribution in [-0.4, -0.2) is 35.6 Å². The summed E-state index contributed by atoms with van der Waals surface area (Å²) in [5, 5.41) is 17.1. The SMILES string of the molecule is CCCCCCCCCCCCNC(=O)[C@@H](NC(=O)c1cccs1)[C@@H](C)O. The fourth-order valence-electron chi connectivity index (χ4n) is 2.96. The first-order valence-electron chi connectivity index (χ1n) is 10.4. The van der Waals surface area contributed by atoms with E-state index in [1.54, 1.807) is 17.5 Å². The van der Waals surface area contributed by atoms with E-state index in [4.69, 9.17) is 0 Å². The van der Waals surface area contributed by atoms with Gasteiger partial charge in [-0.2, -0.15) is 0 Å². The van der Waals surface area contributed by atoms with Crippen molar-refractivity contribution >= 4 is 23.2 Å². The lowest BCUT2D eigenvalue weighted by Gasteiger charge is -2.20. The Morgan fingerprint density at radius 3 is 2.15 bits per heavy atom. The van der Waals surface area contributed by atoms with Gasteiger partial charge in [0, 0.05) is 6.54 Å². The van der Waals surface area contributed by atoms with E-state index in [1.165, 1.54) is 69.6 Å². The molecule has 1 aromatic heterocycles. The van der Waals surface area contributed by atoms with Crippen molar-refractivity contribution in [1.82, 2.24) is 10.6 Å². The van der Waals surface area contributed by atoms with Gasteiger partial charge in [0.15, 0.2) is 0 Å². The summed E-state index contributed by atoms with van der Waals surface area (Å²) in [4.78, 5) is 24.9. The number of unbranched alkanes of at least 4 members (excludes halogenated alkanes) is 9. The van der Waals surface area contributed by atoms with E-state index in [9.17, 15) is 14.7 Å². The Kier molecular flexibility index (Phi) is 12.8. The summed E-state index contributed by atoms with van der Waals surface area (Å²) in [6.45, 7) is 4.33. The quantitative estimate of drug-likeness (QED) is 0.388. The molecule has 0 saturated carbocycles. The zero-order valence-electron chi connectivity index (χ0n) is 16.8. The highest BCUT2D eigenvalue weighted by Gasteiger charge is 2.25. The minimum absolute atomic E-state index is 0.328. The third kappa shape index (κ3) is 10.5. The van der Waals surface area contributed by atoms with Gasteiger partial charge < -0.3 is 15.7 Å². The van der Waals surface area contributed by atoms with E-state index in [1.807, 2.05) is 0 Å². The average Bonchev–Trinajstić information content (AvgIpc) is 3.18. The molecule has 0 bridgehead atoms. The van der Waals surface area contributed by atoms with E-state index < -0.39 is 12.1 Å². The third-order valence-electron chi connectivity index (χ3n) is 4.63. The molecular weight excluding hydrogens is 360 g/mol. The molecule has 5 nitrogen and oxygen atoms in total. The van der Waals surface area contributed by atoms with Crippen LogP contribution >= 0.6 is 11.3 Å². The maximum atomic E-state index is 12.3. The lowest BCUT2D eigenvalue weighted by molar-refractivity contribution is -0.125. The van der Waals surface area contributed by atoms with E-state index in [0.29, 0.717) is 11.4 Å². The second kappa shape index (κ2) is 14.6. The first-order valence-corrected chi connectivity index (χ1v) is 11.2. The lowest BCUT2D eigenvalue weighted by Crippen LogP contribution is -2.52. The van der Waals surface area contributed by atoms with E-state index in [2.05, 4.69) is 17.6 Å². The Morgan fingerprint density at radius 2 is 1.63 bits per heavy atom. The van der Waals surface area contributed by atoms with Crippen molar-refractivity contribution < 1.29 is 14.7 Å². The molecule has 0 aromatic carbocycles. The summed E-state index contributed by atoms with van der Waals surface area (Å²) < 4.78 is 0. The van der Waals surface area contributed by atoms with Crippen molar-refractivity contribution in [2.24, 2.45) is 0 Å². The summed E-state index contributed by atoms with van der Waals surface area (Å²) >= 11 is 1.31. The second-order valence-corrected chi connectivity index (χ2v) is 8.09. The van der Waals surface area contributed by atoms with Crippen LogP contribution in [0.1, 0.15) is 87.7 Å². The molecule has 154 valence electrons. The van der Waals surface area contributed by atoms with Gasteiger partial charge in [-0.1, -0.05) is 70.8 Å². The summed E-state index contributed by atoms with van der Waals surface area (Å²) in [6.07, 6.45) is 11.5. The number of hydrogen-bond acceptors (Lipinski definition) is 4. The van der Waals surface area contributed by atoms with E-state index >= 15 is 0 Å². The first-order chi connectivity index (χ1) is 13.1. The van der Waals surface area contributed by atoms with Gasteiger partial charge in [-0.05, 0) is 24.8 Å². The normalized spacial score (nSPS) is 13.1. The van der Waals surface area contributed by atoms with Crippen molar-refractivity contribution in [2.45, 2.75) is 90.2 Å². The van der Waals surface area contributed by atoms with Crippen LogP contribution < -0.4 is 10.6 Å². The van der Waals surface area contributed by atoms with Crippen LogP contribution in [0.25, 0.3) is 0 Å². The highest BCUT2D eigenvalue weighted by molar-refractivity contribution is 7.12. The standard InChI is InChI=1S/C21H36N2O3S/c1-3-4-5-6-7-8-9-10-11-12-15-22-21(26)19(17(2)24)23-20(25)18-14-13-16-27-18/h13-14,16-17,19,24H,3-12,15H2,1-2H3,(H,22,26)(H,23,25)/t17-,19+/m1/s1. The highest BCUT2D eigenvalue weighted by atomic mass is 32.1. The van der Waals surface area contributed by atoms with Gasteiger partial charge >= 0.3 is 0 Å². The molecule has 1 heterocycles. The fraction of sp³-hybridized carbons (Fsp3) is 0.714. The topological polar surface area (TPSA) is 78.4 Å². The van der Waals surface area contributed by atoms with Crippen molar-refractivity contribution in [3.8, 4) is 0 Å². The smallest absolute Gasteiger partial charge is 0.262 e. The Balaban J connectivity index is 2.13. The van der Waals surface area contributed by atoms with Gasteiger partial charge in [0.25, 0.3) is 5.91 Å². The van der Waals surface area contributed by atoms with E-state index in [0.717, 1.165) is 12.8 Å². The minimum Gasteiger partial charge on any atom is -0.391 e. The lowest BCUT2D eigenvalue weighted by atomic mass is 10.1. The predicted octanol–water partition coefficient (Wildman–Crippen LogP) is 4.26. The molecule has 0 fully saturated rings. The zero-order chi connectivity index (χ0) is 19.9. The average molecular weight is 397 g/mol. The van der Waals surface area contributed by atoms with Crippen LogP contribution in [0.3, 0.4) is 0 Å². The molecule has 27 heavy (non-hydrogen) atoms. The Labute approximate surface area is 167 Å². The number of nitrogens with one attached hydrogen (secondary N) is 2. The summed E-state index contributed by atoms with van der Waals surface area (Å²) in [5.41, 5.74) is 0. The third-order valence-corrected chi connectivity index (χ3v) is 5.49. The molecule has 1 rings (SSSR count). The summed E-state index contributed by atoms with van der Waals surface area (Å²) in [5.74, 6) is -0.657. The largest absolute Gasteiger partial charge is 0.391 e. The fourth-order valence-corrected chi connectivity index (χ4v) is 3.59. The number of carbonyl (C=O) groups excluding carboxylic acids is 2. The number of amides is 2. The van der Waals surface area contributed by atoms with Crippen molar-refractivity contribution in [2.75, 3.05) is 6.54 Å². The molecule has 6 heteroatoms. The maximum absolute atomic E-state index is 12.3. The zero-order valence-corrected chi connectivity index (χ0v) is 17.7. The van der Waals surface area contributed by atoms with Crippen LogP contribution in [0.2, 0.25) is 0 Å². The molecular formula is C21H36N2O3S. The van der Waals surface area contributed by atoms with Crippen LogP contribution in [-0.2, 0) is 4.79 Å². The van der Waals surface area contributed by atoms with Gasteiger partial charge in [-0.3, -0.25) is 9.59 Å². The number of rotatable bonds is 15. The Hall–Kier alpha value is -1.40. The Morgan fingerprint density at radius 1 is 1.04 bits per heavy atom. The molecule has 0 aliphatic rings. The van der Waals surface area contributed by atoms with Crippen LogP contribution in [0, 0.1) is 0 Å². The molecule has 0 radical (unpaired) electrons. The molecule has 2 amide bonds. The maximum Gasteiger partial charge on any atom is 0.262 e. The van der Waals surface area contributed by atoms with Crippen molar-refractivity contribution in [1.29, 1.82) is 0 Å². The molecule has 3 N–H and O–H groups in total. The minimum atomic E-state index is -0.943. The second-order valence-electron chi connectivity index (χ2n) is 7.14. The summed E-state index contributed by atoms with van der Waals surface area (Å²) in [7, 11) is 0. The Bertz CT molecular complexity index is 518. The molecule has 2 atom stereocenters. The van der Waals surface area contributed by atoms with Gasteiger partial charge in [-0.15, -0.1) is 11.3 Å². The molecule has 0 unspecified atom stereocenters. The van der Waals surface area contributed by atoms with Crippen LogP contribution in [0.5, 0.6) is 0 Å². The monoisotopic (exact) mass is 396 g/mol. The molecule has 1 aromatic rings. The predicted molar refractivity (Wildman–Crippen MR) is 112 cm³/mol.